The number of hydrogen-bond acceptors (Lipinski definition) is 8. The van der Waals surface area contributed by atoms with Gasteiger partial charge >= 0.3 is 5.97 Å². The molecular formula is C34H30N4O5S. The maximum Gasteiger partial charge on any atom is 0.338 e. The maximum absolute atomic E-state index is 13.0. The van der Waals surface area contributed by atoms with E-state index < -0.39 is 11.2 Å². The van der Waals surface area contributed by atoms with Crippen LogP contribution in [-0.2, 0) is 14.3 Å². The molecule has 6 rings (SSSR count). The molecule has 2 atom stereocenters. The van der Waals surface area contributed by atoms with Crippen LogP contribution >= 0.6 is 11.8 Å². The normalized spacial score (nSPS) is 17.8. The molecule has 2 aliphatic rings. The number of hydrogen-bond donors (Lipinski definition) is 1. The van der Waals surface area contributed by atoms with Crippen LogP contribution in [0.4, 0.5) is 5.69 Å². The molecule has 4 aromatic rings. The number of rotatable bonds is 8. The molecule has 0 unspecified atom stereocenters. The number of carbonyl (C=O) groups excluding carboxylic acids is 3. The monoisotopic (exact) mass is 606 g/mol. The summed E-state index contributed by atoms with van der Waals surface area (Å²) in [7, 11) is 1.63. The van der Waals surface area contributed by atoms with Crippen LogP contribution in [0.15, 0.2) is 101 Å². The van der Waals surface area contributed by atoms with Crippen molar-refractivity contribution in [1.29, 1.82) is 0 Å². The summed E-state index contributed by atoms with van der Waals surface area (Å²) in [5.41, 5.74) is 3.81. The third kappa shape index (κ3) is 6.21. The Morgan fingerprint density at radius 1 is 0.977 bits per heavy atom. The number of thioether (sulfide) groups is 1. The van der Waals surface area contributed by atoms with Gasteiger partial charge in [0, 0.05) is 18.5 Å². The summed E-state index contributed by atoms with van der Waals surface area (Å²) in [6.07, 6.45) is 0.559. The van der Waals surface area contributed by atoms with Crippen molar-refractivity contribution < 1.29 is 23.9 Å². The number of methoxy groups -OCH3 is 1. The van der Waals surface area contributed by atoms with Gasteiger partial charge in [-0.05, 0) is 71.3 Å². The summed E-state index contributed by atoms with van der Waals surface area (Å²) in [5.74, 6) is -0.382. The average molecular weight is 607 g/mol. The first-order chi connectivity index (χ1) is 21.4. The summed E-state index contributed by atoms with van der Waals surface area (Å²) >= 11 is 1.25. The van der Waals surface area contributed by atoms with Crippen LogP contribution in [0.25, 0.3) is 10.8 Å². The van der Waals surface area contributed by atoms with E-state index in [1.54, 1.807) is 43.3 Å². The number of hydrazone groups is 1. The molecule has 0 spiro atoms. The molecule has 1 N–H and O–H groups in total. The quantitative estimate of drug-likeness (QED) is 0.238. The predicted octanol–water partition coefficient (Wildman–Crippen LogP) is 6.20. The summed E-state index contributed by atoms with van der Waals surface area (Å²) in [5, 5.41) is 11.6. The van der Waals surface area contributed by atoms with Gasteiger partial charge in [-0.1, -0.05) is 60.3 Å². The van der Waals surface area contributed by atoms with Crippen LogP contribution in [0.2, 0.25) is 0 Å². The van der Waals surface area contributed by atoms with E-state index >= 15 is 0 Å². The Morgan fingerprint density at radius 3 is 2.45 bits per heavy atom. The van der Waals surface area contributed by atoms with E-state index in [1.807, 2.05) is 36.4 Å². The van der Waals surface area contributed by atoms with E-state index in [1.165, 1.54) is 11.8 Å². The van der Waals surface area contributed by atoms with E-state index in [9.17, 15) is 14.4 Å². The van der Waals surface area contributed by atoms with Crippen molar-refractivity contribution in [2.75, 3.05) is 19.0 Å². The van der Waals surface area contributed by atoms with Crippen molar-refractivity contribution in [2.45, 2.75) is 31.1 Å². The van der Waals surface area contributed by atoms with Gasteiger partial charge in [-0.3, -0.25) is 9.59 Å². The lowest BCUT2D eigenvalue weighted by atomic mass is 9.97. The lowest BCUT2D eigenvalue weighted by molar-refractivity contribution is -0.121. The number of carbonyl (C=O) groups is 3. The van der Waals surface area contributed by atoms with Crippen molar-refractivity contribution in [1.82, 2.24) is 5.01 Å². The molecule has 9 nitrogen and oxygen atoms in total. The average Bonchev–Trinajstić information content (AvgIpc) is 3.65. The van der Waals surface area contributed by atoms with Gasteiger partial charge in [0.05, 0.1) is 31.0 Å². The molecule has 0 saturated carbocycles. The van der Waals surface area contributed by atoms with E-state index in [2.05, 4.69) is 40.6 Å². The van der Waals surface area contributed by atoms with E-state index in [-0.39, 0.29) is 30.9 Å². The molecule has 0 aliphatic carbocycles. The number of aliphatic imine (C=N–C) groups is 1. The van der Waals surface area contributed by atoms with Crippen molar-refractivity contribution in [2.24, 2.45) is 10.1 Å². The molecule has 4 aromatic carbocycles. The molecule has 2 aliphatic heterocycles. The van der Waals surface area contributed by atoms with Crippen molar-refractivity contribution in [3.63, 3.8) is 0 Å². The number of benzene rings is 4. The van der Waals surface area contributed by atoms with E-state index in [4.69, 9.17) is 14.6 Å². The highest BCUT2D eigenvalue weighted by Gasteiger charge is 2.39. The number of amides is 2. The fourth-order valence-corrected chi connectivity index (χ4v) is 6.27. The van der Waals surface area contributed by atoms with E-state index in [0.29, 0.717) is 22.8 Å². The minimum atomic E-state index is -0.680. The smallest absolute Gasteiger partial charge is 0.338 e. The van der Waals surface area contributed by atoms with Gasteiger partial charge in [0.25, 0.3) is 5.91 Å². The lowest BCUT2D eigenvalue weighted by Gasteiger charge is -2.23. The molecule has 44 heavy (non-hydrogen) atoms. The Kier molecular flexibility index (Phi) is 8.42. The van der Waals surface area contributed by atoms with Crippen LogP contribution < -0.4 is 10.1 Å². The van der Waals surface area contributed by atoms with Crippen molar-refractivity contribution >= 4 is 56.9 Å². The van der Waals surface area contributed by atoms with Crippen LogP contribution in [0.1, 0.15) is 47.3 Å². The number of ether oxygens (including phenoxy) is 2. The summed E-state index contributed by atoms with van der Waals surface area (Å²) in [6.45, 7) is 2.02. The summed E-state index contributed by atoms with van der Waals surface area (Å²) in [6, 6.07) is 28.5. The molecule has 0 bridgehead atoms. The van der Waals surface area contributed by atoms with Crippen molar-refractivity contribution in [3.8, 4) is 5.75 Å². The fourth-order valence-electron chi connectivity index (χ4n) is 5.20. The minimum absolute atomic E-state index is 0.0571. The van der Waals surface area contributed by atoms with Gasteiger partial charge in [-0.25, -0.2) is 9.80 Å². The molecule has 0 aromatic heterocycles. The zero-order valence-electron chi connectivity index (χ0n) is 24.2. The number of esters is 1. The van der Waals surface area contributed by atoms with Gasteiger partial charge in [0.2, 0.25) is 5.91 Å². The van der Waals surface area contributed by atoms with Gasteiger partial charge in [0.15, 0.2) is 5.17 Å². The Balaban J connectivity index is 1.19. The van der Waals surface area contributed by atoms with E-state index in [0.717, 1.165) is 33.4 Å². The molecular weight excluding hydrogens is 576 g/mol. The molecule has 0 radical (unpaired) electrons. The Bertz CT molecular complexity index is 1790. The Labute approximate surface area is 259 Å². The second kappa shape index (κ2) is 12.7. The standard InChI is InChI=1S/C34H30N4O5S/c1-3-43-33(41)23-10-14-26(15-11-23)35-31(39)20-30-32(40)36-34(44-30)38-29(22-12-16-27(42-2)17-13-22)19-28(37-38)25-9-8-21-6-4-5-7-24(21)18-25/h4-18,29-30H,3,19-20H2,1-2H3,(H,35,39)/t29-,30+/m0/s1. The second-order valence-electron chi connectivity index (χ2n) is 10.3. The van der Waals surface area contributed by atoms with Crippen LogP contribution in [0, 0.1) is 0 Å². The molecule has 0 saturated heterocycles. The number of anilines is 1. The highest BCUT2D eigenvalue weighted by molar-refractivity contribution is 8.15. The molecule has 222 valence electrons. The Hall–Kier alpha value is -4.96. The summed E-state index contributed by atoms with van der Waals surface area (Å²) < 4.78 is 10.3. The first kappa shape index (κ1) is 29.1. The van der Waals surface area contributed by atoms with Crippen molar-refractivity contribution in [3.05, 3.63) is 108 Å². The minimum Gasteiger partial charge on any atom is -0.497 e. The van der Waals surface area contributed by atoms with Crippen LogP contribution in [-0.4, -0.2) is 52.6 Å². The number of fused-ring (bicyclic) bond motifs is 1. The predicted molar refractivity (Wildman–Crippen MR) is 172 cm³/mol. The molecule has 2 amide bonds. The van der Waals surface area contributed by atoms with Crippen LogP contribution in [0.3, 0.4) is 0 Å². The Morgan fingerprint density at radius 2 is 1.73 bits per heavy atom. The van der Waals surface area contributed by atoms with Gasteiger partial charge in [-0.15, -0.1) is 0 Å². The molecule has 10 heteroatoms. The largest absolute Gasteiger partial charge is 0.497 e. The highest BCUT2D eigenvalue weighted by atomic mass is 32.2. The van der Waals surface area contributed by atoms with Gasteiger partial charge in [0.1, 0.15) is 11.0 Å². The second-order valence-corrected chi connectivity index (χ2v) is 11.5. The first-order valence-electron chi connectivity index (χ1n) is 14.3. The SMILES string of the molecule is CCOC(=O)c1ccc(NC(=O)C[C@H]2SC(N3N=C(c4ccc5ccccc5c4)C[C@H]3c3ccc(OC)cc3)=NC2=O)cc1. The number of amidine groups is 1. The zero-order valence-corrected chi connectivity index (χ0v) is 25.0. The first-order valence-corrected chi connectivity index (χ1v) is 15.2. The number of nitrogens with zero attached hydrogens (tertiary/aromatic N) is 3. The topological polar surface area (TPSA) is 110 Å². The maximum atomic E-state index is 13.0. The van der Waals surface area contributed by atoms with Crippen LogP contribution in [0.5, 0.6) is 5.75 Å². The number of nitrogens with one attached hydrogen (secondary N) is 1. The lowest BCUT2D eigenvalue weighted by Crippen LogP contribution is -2.25. The summed E-state index contributed by atoms with van der Waals surface area (Å²) in [4.78, 5) is 42.1. The van der Waals surface area contributed by atoms with Gasteiger partial charge in [-0.2, -0.15) is 10.1 Å². The third-order valence-corrected chi connectivity index (χ3v) is 8.61. The fraction of sp³-hybridized carbons (Fsp3) is 0.206. The molecule has 0 fully saturated rings. The van der Waals surface area contributed by atoms with Gasteiger partial charge < -0.3 is 14.8 Å². The zero-order chi connectivity index (χ0) is 30.6. The highest BCUT2D eigenvalue weighted by Crippen LogP contribution is 2.39. The third-order valence-electron chi connectivity index (χ3n) is 7.47. The molecule has 2 heterocycles.